The Hall–Kier alpha value is -1.95. The fourth-order valence-corrected chi connectivity index (χ4v) is 3.74. The predicted molar refractivity (Wildman–Crippen MR) is 117 cm³/mol. The average Bonchev–Trinajstić information content (AvgIpc) is 2.71. The molecule has 0 saturated carbocycles. The van der Waals surface area contributed by atoms with Crippen LogP contribution in [0.15, 0.2) is 29.3 Å². The molecule has 28 heavy (non-hydrogen) atoms. The molecule has 1 aliphatic heterocycles. The van der Waals surface area contributed by atoms with Crippen LogP contribution in [0.3, 0.4) is 0 Å². The number of aliphatic imine (C=N–C) groups is 1. The number of anilines is 1. The van der Waals surface area contributed by atoms with E-state index in [1.807, 2.05) is 12.1 Å². The molecular weight excluding hydrogens is 352 g/mol. The summed E-state index contributed by atoms with van der Waals surface area (Å²) in [5.74, 6) is 2.97. The zero-order chi connectivity index (χ0) is 20.4. The molecule has 1 heterocycles. The highest BCUT2D eigenvalue weighted by Crippen LogP contribution is 2.21. The molecule has 1 aliphatic rings. The Morgan fingerprint density at radius 1 is 1.18 bits per heavy atom. The van der Waals surface area contributed by atoms with Gasteiger partial charge in [-0.25, -0.2) is 0 Å². The van der Waals surface area contributed by atoms with Gasteiger partial charge >= 0.3 is 0 Å². The number of aliphatic hydroxyl groups is 1. The van der Waals surface area contributed by atoms with Gasteiger partial charge < -0.3 is 25.0 Å². The number of nitrogens with one attached hydrogen (secondary N) is 1. The van der Waals surface area contributed by atoms with Gasteiger partial charge in [-0.2, -0.15) is 0 Å². The van der Waals surface area contributed by atoms with Crippen molar-refractivity contribution in [3.05, 3.63) is 24.3 Å². The number of rotatable bonds is 9. The molecule has 0 aliphatic carbocycles. The van der Waals surface area contributed by atoms with Crippen molar-refractivity contribution in [2.45, 2.75) is 33.6 Å². The lowest BCUT2D eigenvalue weighted by molar-refractivity contribution is 0.245. The van der Waals surface area contributed by atoms with Gasteiger partial charge in [0.25, 0.3) is 0 Å². The Bertz CT molecular complexity index is 581. The maximum Gasteiger partial charge on any atom is 0.194 e. The van der Waals surface area contributed by atoms with Crippen LogP contribution in [0.4, 0.5) is 5.69 Å². The van der Waals surface area contributed by atoms with E-state index in [1.165, 1.54) is 5.69 Å². The number of hydrogen-bond acceptors (Lipinski definition) is 4. The summed E-state index contributed by atoms with van der Waals surface area (Å²) in [6.45, 7) is 12.3. The third-order valence-electron chi connectivity index (χ3n) is 5.19. The maximum atomic E-state index is 9.35. The lowest BCUT2D eigenvalue weighted by Gasteiger charge is -2.38. The van der Waals surface area contributed by atoms with E-state index in [0.29, 0.717) is 11.8 Å². The van der Waals surface area contributed by atoms with Crippen molar-refractivity contribution in [2.75, 3.05) is 57.9 Å². The molecule has 1 saturated heterocycles. The van der Waals surface area contributed by atoms with Crippen LogP contribution in [-0.2, 0) is 0 Å². The van der Waals surface area contributed by atoms with Crippen LogP contribution in [0, 0.1) is 11.8 Å². The number of benzene rings is 1. The summed E-state index contributed by atoms with van der Waals surface area (Å²) in [7, 11) is 1.70. The highest BCUT2D eigenvalue weighted by molar-refractivity contribution is 5.80. The van der Waals surface area contributed by atoms with E-state index in [4.69, 9.17) is 9.73 Å². The van der Waals surface area contributed by atoms with E-state index in [2.05, 4.69) is 48.0 Å². The molecule has 1 aromatic rings. The summed E-state index contributed by atoms with van der Waals surface area (Å²) in [6, 6.07) is 8.28. The third kappa shape index (κ3) is 6.89. The normalized spacial score (nSPS) is 16.4. The van der Waals surface area contributed by atoms with Gasteiger partial charge in [0.2, 0.25) is 0 Å². The number of methoxy groups -OCH3 is 1. The highest BCUT2D eigenvalue weighted by Gasteiger charge is 2.20. The van der Waals surface area contributed by atoms with Gasteiger partial charge in [0.1, 0.15) is 5.75 Å². The molecule has 0 amide bonds. The minimum Gasteiger partial charge on any atom is -0.497 e. The summed E-state index contributed by atoms with van der Waals surface area (Å²) in [6.07, 6.45) is 1.93. The van der Waals surface area contributed by atoms with Gasteiger partial charge in [0, 0.05) is 51.6 Å². The van der Waals surface area contributed by atoms with Gasteiger partial charge in [-0.05, 0) is 55.9 Å². The molecule has 0 spiro atoms. The molecule has 6 heteroatoms. The summed E-state index contributed by atoms with van der Waals surface area (Å²) in [5.41, 5.74) is 1.24. The van der Waals surface area contributed by atoms with Crippen LogP contribution >= 0.6 is 0 Å². The molecule has 2 rings (SSSR count). The molecule has 6 nitrogen and oxygen atoms in total. The second kappa shape index (κ2) is 11.8. The Morgan fingerprint density at radius 2 is 1.86 bits per heavy atom. The van der Waals surface area contributed by atoms with Crippen LogP contribution < -0.4 is 15.0 Å². The molecule has 0 radical (unpaired) electrons. The van der Waals surface area contributed by atoms with Crippen molar-refractivity contribution in [3.63, 3.8) is 0 Å². The van der Waals surface area contributed by atoms with E-state index >= 15 is 0 Å². The van der Waals surface area contributed by atoms with Crippen LogP contribution in [-0.4, -0.2) is 69.0 Å². The molecule has 1 unspecified atom stereocenters. The van der Waals surface area contributed by atoms with E-state index < -0.39 is 0 Å². The second-order valence-corrected chi connectivity index (χ2v) is 7.87. The fraction of sp³-hybridized carbons (Fsp3) is 0.682. The SMILES string of the molecule is CCNC(=NCC(CCO)CC(C)C)N1CCN(c2ccc(OC)cc2)CC1. The Morgan fingerprint density at radius 3 is 2.39 bits per heavy atom. The number of hydrogen-bond donors (Lipinski definition) is 2. The number of nitrogens with zero attached hydrogens (tertiary/aromatic N) is 3. The molecule has 0 aromatic heterocycles. The first-order chi connectivity index (χ1) is 13.6. The zero-order valence-electron chi connectivity index (χ0n) is 18.0. The molecule has 1 fully saturated rings. The van der Waals surface area contributed by atoms with Gasteiger partial charge in [0.05, 0.1) is 7.11 Å². The van der Waals surface area contributed by atoms with Crippen molar-refractivity contribution >= 4 is 11.6 Å². The number of guanidine groups is 1. The largest absolute Gasteiger partial charge is 0.497 e. The lowest BCUT2D eigenvalue weighted by atomic mass is 9.94. The average molecular weight is 391 g/mol. The van der Waals surface area contributed by atoms with Crippen LogP contribution in [0.5, 0.6) is 5.75 Å². The van der Waals surface area contributed by atoms with E-state index in [9.17, 15) is 5.11 Å². The molecule has 0 bridgehead atoms. The zero-order valence-corrected chi connectivity index (χ0v) is 18.0. The van der Waals surface area contributed by atoms with Gasteiger partial charge in [0.15, 0.2) is 5.96 Å². The van der Waals surface area contributed by atoms with Crippen LogP contribution in [0.2, 0.25) is 0 Å². The monoisotopic (exact) mass is 390 g/mol. The number of ether oxygens (including phenoxy) is 1. The predicted octanol–water partition coefficient (Wildman–Crippen LogP) is 2.83. The van der Waals surface area contributed by atoms with Crippen molar-refractivity contribution in [2.24, 2.45) is 16.8 Å². The second-order valence-electron chi connectivity index (χ2n) is 7.87. The molecule has 1 atom stereocenters. The number of piperazine rings is 1. The van der Waals surface area contributed by atoms with Crippen LogP contribution in [0.1, 0.15) is 33.6 Å². The summed E-state index contributed by atoms with van der Waals surface area (Å²) >= 11 is 0. The lowest BCUT2D eigenvalue weighted by Crippen LogP contribution is -2.52. The van der Waals surface area contributed by atoms with Gasteiger partial charge in [-0.15, -0.1) is 0 Å². The Balaban J connectivity index is 1.95. The quantitative estimate of drug-likeness (QED) is 0.502. The van der Waals surface area contributed by atoms with E-state index in [0.717, 1.165) is 63.8 Å². The van der Waals surface area contributed by atoms with Gasteiger partial charge in [-0.1, -0.05) is 13.8 Å². The summed E-state index contributed by atoms with van der Waals surface area (Å²) in [4.78, 5) is 9.68. The Labute approximate surface area is 170 Å². The highest BCUT2D eigenvalue weighted by atomic mass is 16.5. The first-order valence-electron chi connectivity index (χ1n) is 10.6. The Kier molecular flexibility index (Phi) is 9.41. The first kappa shape index (κ1) is 22.3. The fourth-order valence-electron chi connectivity index (χ4n) is 3.74. The number of aliphatic hydroxyl groups excluding tert-OH is 1. The minimum absolute atomic E-state index is 0.240. The van der Waals surface area contributed by atoms with Crippen molar-refractivity contribution < 1.29 is 9.84 Å². The smallest absolute Gasteiger partial charge is 0.194 e. The first-order valence-corrected chi connectivity index (χ1v) is 10.6. The summed E-state index contributed by atoms with van der Waals surface area (Å²) in [5, 5.41) is 12.8. The third-order valence-corrected chi connectivity index (χ3v) is 5.19. The summed E-state index contributed by atoms with van der Waals surface area (Å²) < 4.78 is 5.25. The minimum atomic E-state index is 0.240. The van der Waals surface area contributed by atoms with E-state index in [-0.39, 0.29) is 6.61 Å². The van der Waals surface area contributed by atoms with Gasteiger partial charge in [-0.3, -0.25) is 4.99 Å². The topological polar surface area (TPSA) is 60.3 Å². The maximum absolute atomic E-state index is 9.35. The molecule has 1 aromatic carbocycles. The van der Waals surface area contributed by atoms with Crippen molar-refractivity contribution in [1.29, 1.82) is 0 Å². The molecule has 2 N–H and O–H groups in total. The molecule has 158 valence electrons. The van der Waals surface area contributed by atoms with Crippen molar-refractivity contribution in [3.8, 4) is 5.75 Å². The van der Waals surface area contributed by atoms with Crippen molar-refractivity contribution in [1.82, 2.24) is 10.2 Å². The standard InChI is InChI=1S/C22H38N4O2/c1-5-23-22(24-17-19(10-15-27)16-18(2)3)26-13-11-25(12-14-26)20-6-8-21(28-4)9-7-20/h6-9,18-19,27H,5,10-17H2,1-4H3,(H,23,24). The van der Waals surface area contributed by atoms with E-state index in [1.54, 1.807) is 7.11 Å². The molecular formula is C22H38N4O2. The van der Waals surface area contributed by atoms with Crippen LogP contribution in [0.25, 0.3) is 0 Å².